The molecule has 0 atom stereocenters. The van der Waals surface area contributed by atoms with Gasteiger partial charge < -0.3 is 14.5 Å². The summed E-state index contributed by atoms with van der Waals surface area (Å²) in [6, 6.07) is 6.22. The fraction of sp³-hybridized carbons (Fsp3) is 0.353. The number of nitro groups is 1. The van der Waals surface area contributed by atoms with Gasteiger partial charge in [-0.05, 0) is 5.56 Å². The van der Waals surface area contributed by atoms with Gasteiger partial charge in [-0.2, -0.15) is 0 Å². The summed E-state index contributed by atoms with van der Waals surface area (Å²) in [5, 5.41) is 10.8. The lowest BCUT2D eigenvalue weighted by Crippen LogP contribution is -2.24. The Morgan fingerprint density at radius 2 is 1.58 bits per heavy atom. The van der Waals surface area contributed by atoms with Crippen molar-refractivity contribution < 1.29 is 14.5 Å². The maximum atomic E-state index is 12.2. The highest BCUT2D eigenvalue weighted by Gasteiger charge is 2.24. The molecule has 0 aliphatic heterocycles. The predicted molar refractivity (Wildman–Crippen MR) is 97.9 cm³/mol. The van der Waals surface area contributed by atoms with Crippen LogP contribution in [-0.2, 0) is 11.2 Å². The minimum Gasteiger partial charge on any atom is -0.465 e. The largest absolute Gasteiger partial charge is 0.465 e. The summed E-state index contributed by atoms with van der Waals surface area (Å²) in [5.74, 6) is 0.887. The number of anilines is 2. The van der Waals surface area contributed by atoms with Gasteiger partial charge in [0.2, 0.25) is 0 Å². The third kappa shape index (κ3) is 4.05. The summed E-state index contributed by atoms with van der Waals surface area (Å²) >= 11 is 0. The minimum atomic E-state index is -0.515. The van der Waals surface area contributed by atoms with E-state index in [1.165, 1.54) is 19.2 Å². The number of esters is 1. The van der Waals surface area contributed by atoms with E-state index in [1.54, 1.807) is 50.1 Å². The van der Waals surface area contributed by atoms with E-state index in [1.807, 2.05) is 0 Å². The molecule has 0 saturated carbocycles. The van der Waals surface area contributed by atoms with Crippen LogP contribution in [0.5, 0.6) is 0 Å². The summed E-state index contributed by atoms with van der Waals surface area (Å²) in [5.41, 5.74) is 1.14. The molecule has 2 aromatic rings. The van der Waals surface area contributed by atoms with Crippen LogP contribution in [0.2, 0.25) is 0 Å². The quantitative estimate of drug-likeness (QED) is 0.438. The molecule has 0 aliphatic rings. The molecule has 0 N–H and O–H groups in total. The maximum Gasteiger partial charge on any atom is 0.345 e. The van der Waals surface area contributed by atoms with E-state index in [-0.39, 0.29) is 11.3 Å². The van der Waals surface area contributed by atoms with Crippen molar-refractivity contribution in [2.45, 2.75) is 6.42 Å². The Morgan fingerprint density at radius 1 is 1.08 bits per heavy atom. The smallest absolute Gasteiger partial charge is 0.345 e. The van der Waals surface area contributed by atoms with Crippen LogP contribution in [0.15, 0.2) is 24.3 Å². The highest BCUT2D eigenvalue weighted by Crippen LogP contribution is 2.27. The van der Waals surface area contributed by atoms with Crippen molar-refractivity contribution in [3.05, 3.63) is 51.3 Å². The summed E-state index contributed by atoms with van der Waals surface area (Å²) in [6.07, 6.45) is 0.376. The van der Waals surface area contributed by atoms with E-state index >= 15 is 0 Å². The van der Waals surface area contributed by atoms with Gasteiger partial charge in [-0.15, -0.1) is 0 Å². The summed E-state index contributed by atoms with van der Waals surface area (Å²) in [4.78, 5) is 35.0. The zero-order valence-corrected chi connectivity index (χ0v) is 15.4. The van der Waals surface area contributed by atoms with Crippen LogP contribution in [0, 0.1) is 10.1 Å². The molecule has 0 unspecified atom stereocenters. The van der Waals surface area contributed by atoms with E-state index in [2.05, 4.69) is 9.97 Å². The van der Waals surface area contributed by atoms with E-state index < -0.39 is 10.9 Å². The molecule has 1 aromatic heterocycles. The third-order valence-corrected chi connectivity index (χ3v) is 3.66. The lowest BCUT2D eigenvalue weighted by molar-refractivity contribution is -0.384. The number of carbonyl (C=O) groups is 1. The van der Waals surface area contributed by atoms with Crippen molar-refractivity contribution in [2.24, 2.45) is 0 Å². The van der Waals surface area contributed by atoms with E-state index in [0.717, 1.165) is 5.56 Å². The van der Waals surface area contributed by atoms with Gasteiger partial charge in [-0.3, -0.25) is 10.1 Å². The maximum absolute atomic E-state index is 12.2. The van der Waals surface area contributed by atoms with E-state index in [0.29, 0.717) is 23.9 Å². The average molecular weight is 359 g/mol. The number of aromatic nitrogens is 2. The molecule has 9 nitrogen and oxygen atoms in total. The first kappa shape index (κ1) is 19.1. The first-order chi connectivity index (χ1) is 12.2. The molecular weight excluding hydrogens is 338 g/mol. The van der Waals surface area contributed by atoms with Crippen molar-refractivity contribution in [3.8, 4) is 0 Å². The highest BCUT2D eigenvalue weighted by atomic mass is 16.6. The molecule has 0 fully saturated rings. The number of nitro benzene ring substituents is 1. The van der Waals surface area contributed by atoms with Crippen molar-refractivity contribution in [1.82, 2.24) is 9.97 Å². The number of carbonyl (C=O) groups excluding carboxylic acids is 1. The third-order valence-electron chi connectivity index (χ3n) is 3.66. The predicted octanol–water partition coefficient (Wildman–Crippen LogP) is 1.89. The zero-order chi connectivity index (χ0) is 19.4. The number of hydrogen-bond acceptors (Lipinski definition) is 8. The average Bonchev–Trinajstić information content (AvgIpc) is 2.60. The molecule has 2 rings (SSSR count). The van der Waals surface area contributed by atoms with Crippen LogP contribution in [0.25, 0.3) is 0 Å². The second-order valence-electron chi connectivity index (χ2n) is 6.04. The fourth-order valence-corrected chi connectivity index (χ4v) is 2.41. The minimum absolute atomic E-state index is 0.0265. The van der Waals surface area contributed by atoms with E-state index in [9.17, 15) is 14.9 Å². The Hall–Kier alpha value is -3.23. The summed E-state index contributed by atoms with van der Waals surface area (Å²) in [6.45, 7) is 0. The van der Waals surface area contributed by atoms with Gasteiger partial charge in [-0.25, -0.2) is 14.8 Å². The number of benzene rings is 1. The van der Waals surface area contributed by atoms with Crippen LogP contribution >= 0.6 is 0 Å². The molecule has 0 spiro atoms. The van der Waals surface area contributed by atoms with E-state index in [4.69, 9.17) is 4.74 Å². The lowest BCUT2D eigenvalue weighted by Gasteiger charge is -2.22. The molecular formula is C17H21N5O4. The molecule has 0 amide bonds. The zero-order valence-electron chi connectivity index (χ0n) is 15.4. The lowest BCUT2D eigenvalue weighted by atomic mass is 10.1. The van der Waals surface area contributed by atoms with Crippen molar-refractivity contribution in [2.75, 3.05) is 45.1 Å². The summed E-state index contributed by atoms with van der Waals surface area (Å²) in [7, 11) is 8.44. The number of methoxy groups -OCH3 is 1. The van der Waals surface area contributed by atoms with Gasteiger partial charge >= 0.3 is 5.97 Å². The second kappa shape index (κ2) is 7.77. The highest BCUT2D eigenvalue weighted by molar-refractivity contribution is 6.00. The Kier molecular flexibility index (Phi) is 5.71. The number of rotatable bonds is 6. The molecule has 0 bridgehead atoms. The first-order valence-corrected chi connectivity index (χ1v) is 7.81. The first-order valence-electron chi connectivity index (χ1n) is 7.81. The number of ether oxygens (including phenoxy) is 1. The fourth-order valence-electron chi connectivity index (χ4n) is 2.41. The molecule has 0 aliphatic carbocycles. The van der Waals surface area contributed by atoms with Crippen molar-refractivity contribution in [1.29, 1.82) is 0 Å². The molecule has 0 radical (unpaired) electrons. The Balaban J connectivity index is 2.49. The van der Waals surface area contributed by atoms with Gasteiger partial charge in [0.05, 0.1) is 12.0 Å². The second-order valence-corrected chi connectivity index (χ2v) is 6.04. The normalized spacial score (nSPS) is 10.3. The molecule has 138 valence electrons. The molecule has 1 heterocycles. The van der Waals surface area contributed by atoms with Crippen molar-refractivity contribution in [3.63, 3.8) is 0 Å². The molecule has 26 heavy (non-hydrogen) atoms. The monoisotopic (exact) mass is 359 g/mol. The SMILES string of the molecule is COC(=O)c1c(N(C)C)nc(Cc2ccc([N+](=O)[O-])cc2)nc1N(C)C. The van der Waals surface area contributed by atoms with Crippen molar-refractivity contribution >= 4 is 23.3 Å². The Morgan fingerprint density at radius 3 is 1.96 bits per heavy atom. The van der Waals surface area contributed by atoms with Crippen LogP contribution in [0.4, 0.5) is 17.3 Å². The van der Waals surface area contributed by atoms with Gasteiger partial charge in [0, 0.05) is 46.7 Å². The van der Waals surface area contributed by atoms with Gasteiger partial charge in [0.15, 0.2) is 0 Å². The number of non-ortho nitro benzene ring substituents is 1. The van der Waals surface area contributed by atoms with Crippen LogP contribution in [-0.4, -0.2) is 56.2 Å². The molecule has 9 heteroatoms. The van der Waals surface area contributed by atoms with Gasteiger partial charge in [-0.1, -0.05) is 12.1 Å². The molecule has 0 saturated heterocycles. The number of nitrogens with zero attached hydrogens (tertiary/aromatic N) is 5. The number of hydrogen-bond donors (Lipinski definition) is 0. The van der Waals surface area contributed by atoms with Crippen LogP contribution in [0.1, 0.15) is 21.7 Å². The van der Waals surface area contributed by atoms with Crippen LogP contribution < -0.4 is 9.80 Å². The molecule has 1 aromatic carbocycles. The Labute approximate surface area is 151 Å². The van der Waals surface area contributed by atoms with Crippen LogP contribution in [0.3, 0.4) is 0 Å². The topological polar surface area (TPSA) is 102 Å². The standard InChI is InChI=1S/C17H21N5O4/c1-20(2)15-14(17(23)26-5)16(21(3)4)19-13(18-15)10-11-6-8-12(9-7-11)22(24)25/h6-9H,10H2,1-5H3. The Bertz CT molecular complexity index is 789. The van der Waals surface area contributed by atoms with Gasteiger partial charge in [0.25, 0.3) is 5.69 Å². The van der Waals surface area contributed by atoms with Gasteiger partial charge in [0.1, 0.15) is 23.0 Å². The summed E-state index contributed by atoms with van der Waals surface area (Å²) < 4.78 is 4.88.